The van der Waals surface area contributed by atoms with Crippen LogP contribution >= 0.6 is 0 Å². The summed E-state index contributed by atoms with van der Waals surface area (Å²) in [7, 11) is 0. The first-order chi connectivity index (χ1) is 7.56. The van der Waals surface area contributed by atoms with Crippen LogP contribution in [0.25, 0.3) is 0 Å². The molecule has 1 fully saturated rings. The molecule has 0 bridgehead atoms. The van der Waals surface area contributed by atoms with Crippen LogP contribution in [0.1, 0.15) is 34.1 Å². The number of amides is 1. The Morgan fingerprint density at radius 3 is 2.41 bits per heavy atom. The van der Waals surface area contributed by atoms with Crippen molar-refractivity contribution in [3.8, 4) is 0 Å². The number of hydrogen-bond donors (Lipinski definition) is 1. The third-order valence-corrected chi connectivity index (χ3v) is 2.64. The van der Waals surface area contributed by atoms with Gasteiger partial charge in [-0.05, 0) is 27.7 Å². The zero-order valence-corrected chi connectivity index (χ0v) is 10.7. The van der Waals surface area contributed by atoms with Crippen molar-refractivity contribution >= 4 is 12.1 Å². The molecule has 5 heteroatoms. The molecule has 0 aromatic carbocycles. The Morgan fingerprint density at radius 1 is 1.47 bits per heavy atom. The number of likely N-dealkylation sites (tertiary alicyclic amines) is 1. The standard InChI is InChI=1S/C12H19NO4/c1-8-6-12(5,13(7-8)10(15)16)9(14)17-11(2,3)4/h1,6-7H2,2-5H3,(H,15,16). The van der Waals surface area contributed by atoms with Gasteiger partial charge in [0.05, 0.1) is 0 Å². The minimum absolute atomic E-state index is 0.186. The number of rotatable bonds is 1. The molecule has 0 radical (unpaired) electrons. The van der Waals surface area contributed by atoms with Gasteiger partial charge in [-0.15, -0.1) is 0 Å². The Hall–Kier alpha value is -1.52. The van der Waals surface area contributed by atoms with Gasteiger partial charge in [-0.25, -0.2) is 9.59 Å². The molecule has 17 heavy (non-hydrogen) atoms. The first-order valence-electron chi connectivity index (χ1n) is 5.47. The van der Waals surface area contributed by atoms with E-state index in [1.807, 2.05) is 0 Å². The molecule has 0 spiro atoms. The normalized spacial score (nSPS) is 24.9. The quantitative estimate of drug-likeness (QED) is 0.563. The van der Waals surface area contributed by atoms with Crippen molar-refractivity contribution in [2.75, 3.05) is 6.54 Å². The second kappa shape index (κ2) is 4.05. The van der Waals surface area contributed by atoms with Crippen molar-refractivity contribution in [2.24, 2.45) is 0 Å². The molecule has 5 nitrogen and oxygen atoms in total. The Balaban J connectivity index is 2.96. The lowest BCUT2D eigenvalue weighted by molar-refractivity contribution is -0.166. The summed E-state index contributed by atoms with van der Waals surface area (Å²) in [6, 6.07) is 0. The molecular formula is C12H19NO4. The van der Waals surface area contributed by atoms with Crippen molar-refractivity contribution in [3.63, 3.8) is 0 Å². The average Bonchev–Trinajstić information content (AvgIpc) is 2.40. The smallest absolute Gasteiger partial charge is 0.408 e. The Kier molecular flexibility index (Phi) is 3.23. The molecule has 1 N–H and O–H groups in total. The van der Waals surface area contributed by atoms with Crippen LogP contribution < -0.4 is 0 Å². The minimum atomic E-state index is -1.16. The van der Waals surface area contributed by atoms with Crippen LogP contribution in [0, 0.1) is 0 Å². The predicted molar refractivity (Wildman–Crippen MR) is 62.7 cm³/mol. The molecule has 0 saturated carbocycles. The van der Waals surface area contributed by atoms with E-state index in [9.17, 15) is 9.59 Å². The van der Waals surface area contributed by atoms with Gasteiger partial charge in [0.15, 0.2) is 0 Å². The van der Waals surface area contributed by atoms with E-state index in [0.29, 0.717) is 6.42 Å². The summed E-state index contributed by atoms with van der Waals surface area (Å²) < 4.78 is 5.27. The van der Waals surface area contributed by atoms with Gasteiger partial charge in [0.25, 0.3) is 0 Å². The lowest BCUT2D eigenvalue weighted by Gasteiger charge is -2.33. The van der Waals surface area contributed by atoms with Gasteiger partial charge in [0.1, 0.15) is 11.1 Å². The van der Waals surface area contributed by atoms with Gasteiger partial charge < -0.3 is 9.84 Å². The fourth-order valence-electron chi connectivity index (χ4n) is 1.89. The van der Waals surface area contributed by atoms with Gasteiger partial charge >= 0.3 is 12.1 Å². The SMILES string of the molecule is C=C1CN(C(=O)O)C(C)(C(=O)OC(C)(C)C)C1. The average molecular weight is 241 g/mol. The first kappa shape index (κ1) is 13.5. The summed E-state index contributed by atoms with van der Waals surface area (Å²) in [6.45, 7) is 10.8. The third kappa shape index (κ3) is 2.78. The van der Waals surface area contributed by atoms with Crippen molar-refractivity contribution < 1.29 is 19.4 Å². The van der Waals surface area contributed by atoms with Crippen LogP contribution in [0.3, 0.4) is 0 Å². The maximum Gasteiger partial charge on any atom is 0.408 e. The van der Waals surface area contributed by atoms with Crippen LogP contribution in [-0.4, -0.2) is 39.8 Å². The maximum atomic E-state index is 12.1. The number of carboxylic acid groups (broad SMARTS) is 1. The predicted octanol–water partition coefficient (Wildman–Crippen LogP) is 2.03. The summed E-state index contributed by atoms with van der Waals surface area (Å²) in [6.07, 6.45) is -0.814. The lowest BCUT2D eigenvalue weighted by Crippen LogP contribution is -2.52. The van der Waals surface area contributed by atoms with E-state index in [2.05, 4.69) is 6.58 Å². The lowest BCUT2D eigenvalue weighted by atomic mass is 9.97. The molecule has 96 valence electrons. The highest BCUT2D eigenvalue weighted by Gasteiger charge is 2.49. The molecule has 0 aliphatic carbocycles. The van der Waals surface area contributed by atoms with Crippen LogP contribution in [0.4, 0.5) is 4.79 Å². The monoisotopic (exact) mass is 241 g/mol. The summed E-state index contributed by atoms with van der Waals surface area (Å²) >= 11 is 0. The van der Waals surface area contributed by atoms with Crippen LogP contribution in [0.5, 0.6) is 0 Å². The number of ether oxygens (including phenoxy) is 1. The van der Waals surface area contributed by atoms with E-state index >= 15 is 0 Å². The topological polar surface area (TPSA) is 66.8 Å². The molecule has 1 heterocycles. The van der Waals surface area contributed by atoms with E-state index in [1.165, 1.54) is 0 Å². The summed E-state index contributed by atoms with van der Waals surface area (Å²) in [5.41, 5.74) is -1.06. The number of carbonyl (C=O) groups is 2. The van der Waals surface area contributed by atoms with E-state index in [0.717, 1.165) is 10.5 Å². The van der Waals surface area contributed by atoms with Crippen molar-refractivity contribution in [2.45, 2.75) is 45.3 Å². The van der Waals surface area contributed by atoms with Gasteiger partial charge in [-0.2, -0.15) is 0 Å². The summed E-state index contributed by atoms with van der Waals surface area (Å²) in [5, 5.41) is 9.09. The second-order valence-electron chi connectivity index (χ2n) is 5.57. The summed E-state index contributed by atoms with van der Waals surface area (Å²) in [5.74, 6) is -0.522. The highest BCUT2D eigenvalue weighted by atomic mass is 16.6. The Bertz CT molecular complexity index is 369. The third-order valence-electron chi connectivity index (χ3n) is 2.64. The largest absolute Gasteiger partial charge is 0.465 e. The molecule has 1 amide bonds. The zero-order chi connectivity index (χ0) is 13.4. The second-order valence-corrected chi connectivity index (χ2v) is 5.57. The number of hydrogen-bond acceptors (Lipinski definition) is 3. The molecule has 1 aliphatic rings. The number of carbonyl (C=O) groups excluding carboxylic acids is 1. The van der Waals surface area contributed by atoms with Crippen molar-refractivity contribution in [1.82, 2.24) is 4.90 Å². The highest BCUT2D eigenvalue weighted by Crippen LogP contribution is 2.34. The minimum Gasteiger partial charge on any atom is -0.465 e. The van der Waals surface area contributed by atoms with Gasteiger partial charge in [0, 0.05) is 13.0 Å². The van der Waals surface area contributed by atoms with Crippen LogP contribution in [0.15, 0.2) is 12.2 Å². The fraction of sp³-hybridized carbons (Fsp3) is 0.667. The molecule has 0 aromatic rings. The van der Waals surface area contributed by atoms with E-state index in [4.69, 9.17) is 9.84 Å². The van der Waals surface area contributed by atoms with Gasteiger partial charge in [0.2, 0.25) is 0 Å². The number of esters is 1. The zero-order valence-electron chi connectivity index (χ0n) is 10.7. The van der Waals surface area contributed by atoms with Crippen molar-refractivity contribution in [1.29, 1.82) is 0 Å². The molecular weight excluding hydrogens is 222 g/mol. The fourth-order valence-corrected chi connectivity index (χ4v) is 1.89. The highest BCUT2D eigenvalue weighted by molar-refractivity contribution is 5.86. The molecule has 0 aromatic heterocycles. The van der Waals surface area contributed by atoms with E-state index < -0.39 is 23.2 Å². The molecule has 1 unspecified atom stereocenters. The Labute approximate surface area is 101 Å². The number of nitrogens with zero attached hydrogens (tertiary/aromatic N) is 1. The molecule has 1 aliphatic heterocycles. The Morgan fingerprint density at radius 2 is 2.00 bits per heavy atom. The summed E-state index contributed by atoms with van der Waals surface area (Å²) in [4.78, 5) is 24.3. The van der Waals surface area contributed by atoms with Crippen molar-refractivity contribution in [3.05, 3.63) is 12.2 Å². The molecule has 1 saturated heterocycles. The first-order valence-corrected chi connectivity index (χ1v) is 5.47. The molecule has 1 rings (SSSR count). The van der Waals surface area contributed by atoms with Crippen LogP contribution in [-0.2, 0) is 9.53 Å². The van der Waals surface area contributed by atoms with Crippen LogP contribution in [0.2, 0.25) is 0 Å². The van der Waals surface area contributed by atoms with Gasteiger partial charge in [-0.1, -0.05) is 12.2 Å². The maximum absolute atomic E-state index is 12.1. The van der Waals surface area contributed by atoms with E-state index in [-0.39, 0.29) is 6.54 Å². The molecule has 1 atom stereocenters. The van der Waals surface area contributed by atoms with E-state index in [1.54, 1.807) is 27.7 Å². The van der Waals surface area contributed by atoms with Gasteiger partial charge in [-0.3, -0.25) is 4.90 Å².